The molecule has 0 unspecified atom stereocenters. The molecule has 0 aromatic rings. The van der Waals surface area contributed by atoms with Gasteiger partial charge in [0, 0.05) is 6.42 Å². The summed E-state index contributed by atoms with van der Waals surface area (Å²) in [5.41, 5.74) is 0.507. The van der Waals surface area contributed by atoms with E-state index in [0.717, 1.165) is 6.20 Å². The minimum absolute atomic E-state index is 0.299. The monoisotopic (exact) mass is 186 g/mol. The van der Waals surface area contributed by atoms with Crippen LogP contribution in [0.5, 0.6) is 0 Å². The molecule has 0 aromatic heterocycles. The molecule has 5 heteroatoms. The highest BCUT2D eigenvalue weighted by atomic mass is 32.1. The Morgan fingerprint density at radius 2 is 2.50 bits per heavy atom. The van der Waals surface area contributed by atoms with Crippen LogP contribution < -0.4 is 5.32 Å². The molecule has 0 bridgehead atoms. The molecule has 0 aromatic carbocycles. The minimum Gasteiger partial charge on any atom is -0.372 e. The zero-order valence-corrected chi connectivity index (χ0v) is 7.38. The van der Waals surface area contributed by atoms with Crippen molar-refractivity contribution < 1.29 is 4.92 Å². The first kappa shape index (κ1) is 10.8. The van der Waals surface area contributed by atoms with Gasteiger partial charge in [-0.25, -0.2) is 0 Å². The molecule has 1 N–H and O–H groups in total. The summed E-state index contributed by atoms with van der Waals surface area (Å²) in [7, 11) is 0. The molecule has 0 saturated carbocycles. The zero-order valence-electron chi connectivity index (χ0n) is 6.49. The Hall–Kier alpha value is -1.15. The van der Waals surface area contributed by atoms with E-state index in [1.165, 1.54) is 0 Å². The number of hydrogen-bond acceptors (Lipinski definition) is 4. The number of thiol groups is 1. The molecule has 0 heterocycles. The van der Waals surface area contributed by atoms with Crippen LogP contribution in [0.2, 0.25) is 0 Å². The summed E-state index contributed by atoms with van der Waals surface area (Å²) >= 11 is 3.95. The Morgan fingerprint density at radius 3 is 2.92 bits per heavy atom. The number of nitrogens with zero attached hydrogens (tertiary/aromatic N) is 1. The van der Waals surface area contributed by atoms with E-state index in [-0.39, 0.29) is 0 Å². The van der Waals surface area contributed by atoms with Crippen molar-refractivity contribution in [3.63, 3.8) is 0 Å². The fourth-order valence-electron chi connectivity index (χ4n) is 0.611. The minimum atomic E-state index is -0.512. The predicted molar refractivity (Wildman–Crippen MR) is 50.4 cm³/mol. The molecule has 0 amide bonds. The van der Waals surface area contributed by atoms with Gasteiger partial charge in [0.25, 0.3) is 6.20 Å². The maximum Gasteiger partial charge on any atom is 0.253 e. The highest BCUT2D eigenvalue weighted by Gasteiger charge is 1.99. The van der Waals surface area contributed by atoms with E-state index in [1.807, 2.05) is 0 Å². The Bertz CT molecular complexity index is 220. The van der Waals surface area contributed by atoms with Crippen molar-refractivity contribution in [3.05, 3.63) is 22.0 Å². The molecule has 0 saturated heterocycles. The number of nitro groups is 1. The normalized spacial score (nSPS) is 10.5. The number of nitrogens with one attached hydrogen (secondary N) is 1. The molecule has 0 fully saturated rings. The van der Waals surface area contributed by atoms with E-state index in [9.17, 15) is 10.1 Å². The van der Waals surface area contributed by atoms with Gasteiger partial charge in [-0.1, -0.05) is 5.92 Å². The van der Waals surface area contributed by atoms with Crippen LogP contribution in [0.25, 0.3) is 0 Å². The summed E-state index contributed by atoms with van der Waals surface area (Å²) in [6.07, 6.45) is 6.40. The lowest BCUT2D eigenvalue weighted by Gasteiger charge is -2.02. The Morgan fingerprint density at radius 1 is 1.83 bits per heavy atom. The van der Waals surface area contributed by atoms with Crippen LogP contribution in [-0.2, 0) is 0 Å². The van der Waals surface area contributed by atoms with Crippen LogP contribution in [0.1, 0.15) is 6.42 Å². The standard InChI is InChI=1S/C7H10N2O2S/c1-2-4-8-7(3-5-12)6-9(10)11/h1,6,8,12H,3-5H2. The van der Waals surface area contributed by atoms with Crippen molar-refractivity contribution in [2.45, 2.75) is 6.42 Å². The van der Waals surface area contributed by atoms with Gasteiger partial charge < -0.3 is 5.32 Å². The van der Waals surface area contributed by atoms with Gasteiger partial charge in [-0.05, 0) is 5.75 Å². The molecule has 4 nitrogen and oxygen atoms in total. The SMILES string of the molecule is C#CCNC(=C[N+](=O)[O-])CCS. The molecule has 0 spiro atoms. The molecule has 0 atom stereocenters. The van der Waals surface area contributed by atoms with E-state index < -0.39 is 4.92 Å². The smallest absolute Gasteiger partial charge is 0.253 e. The van der Waals surface area contributed by atoms with Gasteiger partial charge in [0.05, 0.1) is 17.2 Å². The van der Waals surface area contributed by atoms with Gasteiger partial charge >= 0.3 is 0 Å². The number of allylic oxidation sites excluding steroid dienone is 1. The first-order valence-corrected chi connectivity index (χ1v) is 3.96. The molecule has 0 aliphatic heterocycles. The maximum absolute atomic E-state index is 10.1. The van der Waals surface area contributed by atoms with Crippen LogP contribution in [0.3, 0.4) is 0 Å². The van der Waals surface area contributed by atoms with Gasteiger partial charge in [-0.3, -0.25) is 10.1 Å². The second kappa shape index (κ2) is 6.55. The Balaban J connectivity index is 4.04. The summed E-state index contributed by atoms with van der Waals surface area (Å²) in [5.74, 6) is 2.88. The second-order valence-corrected chi connectivity index (χ2v) is 2.42. The molecule has 12 heavy (non-hydrogen) atoms. The lowest BCUT2D eigenvalue weighted by Crippen LogP contribution is -2.15. The van der Waals surface area contributed by atoms with Crippen molar-refractivity contribution in [2.75, 3.05) is 12.3 Å². The molecule has 0 aliphatic carbocycles. The Labute approximate surface area is 76.6 Å². The van der Waals surface area contributed by atoms with Gasteiger partial charge in [-0.2, -0.15) is 12.6 Å². The largest absolute Gasteiger partial charge is 0.372 e. The van der Waals surface area contributed by atoms with E-state index in [1.54, 1.807) is 0 Å². The van der Waals surface area contributed by atoms with Crippen molar-refractivity contribution in [2.24, 2.45) is 0 Å². The summed E-state index contributed by atoms with van der Waals surface area (Å²) in [6, 6.07) is 0. The van der Waals surface area contributed by atoms with Gasteiger partial charge in [0.15, 0.2) is 0 Å². The molecule has 66 valence electrons. The molecular formula is C7H10N2O2S. The van der Waals surface area contributed by atoms with Crippen molar-refractivity contribution in [1.29, 1.82) is 0 Å². The van der Waals surface area contributed by atoms with Crippen LogP contribution in [0.4, 0.5) is 0 Å². The third-order valence-electron chi connectivity index (χ3n) is 1.06. The lowest BCUT2D eigenvalue weighted by atomic mass is 10.3. The van der Waals surface area contributed by atoms with Crippen molar-refractivity contribution in [1.82, 2.24) is 5.32 Å². The first-order valence-electron chi connectivity index (χ1n) is 3.33. The summed E-state index contributed by atoms with van der Waals surface area (Å²) in [6.45, 7) is 0.299. The average molecular weight is 186 g/mol. The third-order valence-corrected chi connectivity index (χ3v) is 1.28. The molecule has 0 radical (unpaired) electrons. The average Bonchev–Trinajstić information content (AvgIpc) is 2.00. The molecular weight excluding hydrogens is 176 g/mol. The van der Waals surface area contributed by atoms with Crippen LogP contribution in [-0.4, -0.2) is 17.2 Å². The quantitative estimate of drug-likeness (QED) is 0.287. The highest BCUT2D eigenvalue weighted by molar-refractivity contribution is 7.80. The van der Waals surface area contributed by atoms with Gasteiger partial charge in [-0.15, -0.1) is 6.42 Å². The van der Waals surface area contributed by atoms with E-state index in [4.69, 9.17) is 6.42 Å². The topological polar surface area (TPSA) is 55.2 Å². The number of terminal acetylenes is 1. The summed E-state index contributed by atoms with van der Waals surface area (Å²) < 4.78 is 0. The van der Waals surface area contributed by atoms with E-state index >= 15 is 0 Å². The van der Waals surface area contributed by atoms with Crippen LogP contribution in [0, 0.1) is 22.5 Å². The van der Waals surface area contributed by atoms with Gasteiger partial charge in [0.2, 0.25) is 0 Å². The molecule has 0 rings (SSSR count). The fourth-order valence-corrected chi connectivity index (χ4v) is 0.852. The van der Waals surface area contributed by atoms with Crippen LogP contribution in [0.15, 0.2) is 11.9 Å². The van der Waals surface area contributed by atoms with Crippen molar-refractivity contribution >= 4 is 12.6 Å². The first-order chi connectivity index (χ1) is 5.70. The second-order valence-electron chi connectivity index (χ2n) is 1.97. The summed E-state index contributed by atoms with van der Waals surface area (Å²) in [4.78, 5) is 9.55. The van der Waals surface area contributed by atoms with E-state index in [2.05, 4.69) is 23.9 Å². The number of rotatable bonds is 5. The van der Waals surface area contributed by atoms with Gasteiger partial charge in [0.1, 0.15) is 0 Å². The molecule has 0 aliphatic rings. The number of hydrogen-bond donors (Lipinski definition) is 2. The Kier molecular flexibility index (Phi) is 5.93. The highest BCUT2D eigenvalue weighted by Crippen LogP contribution is 1.97. The third kappa shape index (κ3) is 5.62. The summed E-state index contributed by atoms with van der Waals surface area (Å²) in [5, 5.41) is 12.8. The van der Waals surface area contributed by atoms with E-state index in [0.29, 0.717) is 24.4 Å². The predicted octanol–water partition coefficient (Wildman–Crippen LogP) is 0.647. The maximum atomic E-state index is 10.1. The lowest BCUT2D eigenvalue weighted by molar-refractivity contribution is -0.403. The fraction of sp³-hybridized carbons (Fsp3) is 0.429. The zero-order chi connectivity index (χ0) is 9.40. The van der Waals surface area contributed by atoms with Crippen molar-refractivity contribution in [3.8, 4) is 12.3 Å². The van der Waals surface area contributed by atoms with Crippen LogP contribution >= 0.6 is 12.6 Å².